The summed E-state index contributed by atoms with van der Waals surface area (Å²) in [6, 6.07) is 4.34. The average Bonchev–Trinajstić information content (AvgIpc) is 2.96. The topological polar surface area (TPSA) is 55.3 Å². The van der Waals surface area contributed by atoms with Gasteiger partial charge in [0.05, 0.1) is 24.9 Å². The van der Waals surface area contributed by atoms with Crippen LogP contribution in [0.15, 0.2) is 24.4 Å². The third-order valence-electron chi connectivity index (χ3n) is 3.71. The van der Waals surface area contributed by atoms with E-state index in [1.165, 1.54) is 19.2 Å². The van der Waals surface area contributed by atoms with Gasteiger partial charge >= 0.3 is 0 Å². The van der Waals surface area contributed by atoms with E-state index in [1.54, 1.807) is 17.2 Å². The molecular formula is C16H16FN3O2. The van der Waals surface area contributed by atoms with Crippen molar-refractivity contribution in [3.63, 3.8) is 0 Å². The maximum absolute atomic E-state index is 13.7. The van der Waals surface area contributed by atoms with E-state index in [4.69, 9.17) is 4.74 Å². The zero-order valence-electron chi connectivity index (χ0n) is 12.5. The van der Waals surface area contributed by atoms with Gasteiger partial charge in [-0.1, -0.05) is 13.0 Å². The number of hydrogen-bond acceptors (Lipinski definition) is 4. The number of benzene rings is 1. The lowest BCUT2D eigenvalue weighted by Crippen LogP contribution is -2.26. The monoisotopic (exact) mass is 301 g/mol. The molecule has 0 unspecified atom stereocenters. The number of fused-ring (bicyclic) bond motifs is 1. The normalized spacial score (nSPS) is 13.1. The average molecular weight is 301 g/mol. The van der Waals surface area contributed by atoms with Crippen LogP contribution in [0.1, 0.15) is 34.4 Å². The second-order valence-corrected chi connectivity index (χ2v) is 5.09. The highest BCUT2D eigenvalue weighted by molar-refractivity contribution is 5.97. The van der Waals surface area contributed by atoms with Crippen LogP contribution in [0.25, 0.3) is 0 Å². The Morgan fingerprint density at radius 1 is 1.41 bits per heavy atom. The Kier molecular flexibility index (Phi) is 3.75. The Balaban J connectivity index is 1.88. The summed E-state index contributed by atoms with van der Waals surface area (Å²) in [5, 5.41) is 0. The maximum atomic E-state index is 13.7. The first-order valence-electron chi connectivity index (χ1n) is 7.09. The fraction of sp³-hybridized carbons (Fsp3) is 0.312. The number of aryl methyl sites for hydroxylation is 1. The van der Waals surface area contributed by atoms with Gasteiger partial charge in [0.1, 0.15) is 5.82 Å². The number of amides is 1. The number of carbonyl (C=O) groups excluding carboxylic acids is 1. The second kappa shape index (κ2) is 5.71. The van der Waals surface area contributed by atoms with Crippen LogP contribution in [0.2, 0.25) is 0 Å². The number of rotatable bonds is 3. The van der Waals surface area contributed by atoms with Crippen LogP contribution in [0.4, 0.5) is 4.39 Å². The molecule has 1 aromatic heterocycles. The van der Waals surface area contributed by atoms with Crippen molar-refractivity contribution in [3.8, 4) is 5.75 Å². The zero-order chi connectivity index (χ0) is 15.7. The Labute approximate surface area is 127 Å². The highest BCUT2D eigenvalue weighted by Gasteiger charge is 2.28. The standard InChI is InChI=1S/C16H16FN3O2/c1-3-14-18-7-10-8-20(9-13(10)19-14)16(21)11-5-4-6-12(17)15(11)22-2/h4-7H,3,8-9H2,1-2H3. The predicted molar refractivity (Wildman–Crippen MR) is 77.9 cm³/mol. The van der Waals surface area contributed by atoms with Crippen LogP contribution in [0.5, 0.6) is 5.75 Å². The largest absolute Gasteiger partial charge is 0.493 e. The Morgan fingerprint density at radius 3 is 2.95 bits per heavy atom. The summed E-state index contributed by atoms with van der Waals surface area (Å²) in [6.45, 7) is 2.82. The minimum absolute atomic E-state index is 0.0243. The molecule has 1 aliphatic heterocycles. The summed E-state index contributed by atoms with van der Waals surface area (Å²) in [5.41, 5.74) is 2.01. The van der Waals surface area contributed by atoms with E-state index < -0.39 is 5.82 Å². The zero-order valence-corrected chi connectivity index (χ0v) is 12.5. The van der Waals surface area contributed by atoms with Crippen molar-refractivity contribution in [1.29, 1.82) is 0 Å². The lowest BCUT2D eigenvalue weighted by Gasteiger charge is -2.17. The van der Waals surface area contributed by atoms with E-state index in [-0.39, 0.29) is 17.2 Å². The lowest BCUT2D eigenvalue weighted by molar-refractivity contribution is 0.0746. The van der Waals surface area contributed by atoms with Crippen LogP contribution in [-0.2, 0) is 19.5 Å². The van der Waals surface area contributed by atoms with Gasteiger partial charge in [-0.15, -0.1) is 0 Å². The van der Waals surface area contributed by atoms with Crippen molar-refractivity contribution >= 4 is 5.91 Å². The molecule has 2 heterocycles. The van der Waals surface area contributed by atoms with Crippen molar-refractivity contribution in [1.82, 2.24) is 14.9 Å². The first-order chi connectivity index (χ1) is 10.6. The van der Waals surface area contributed by atoms with Gasteiger partial charge in [0.15, 0.2) is 11.6 Å². The third kappa shape index (κ3) is 2.41. The summed E-state index contributed by atoms with van der Waals surface area (Å²) in [7, 11) is 1.35. The number of halogens is 1. The first kappa shape index (κ1) is 14.4. The molecule has 1 amide bonds. The van der Waals surface area contributed by atoms with Gasteiger partial charge in [0.25, 0.3) is 5.91 Å². The minimum atomic E-state index is -0.543. The third-order valence-corrected chi connectivity index (χ3v) is 3.71. The van der Waals surface area contributed by atoms with Gasteiger partial charge in [-0.05, 0) is 12.1 Å². The summed E-state index contributed by atoms with van der Waals surface area (Å²) < 4.78 is 18.8. The summed E-state index contributed by atoms with van der Waals surface area (Å²) in [5.74, 6) is -0.0781. The molecule has 0 saturated heterocycles. The number of aromatic nitrogens is 2. The molecule has 0 aliphatic carbocycles. The van der Waals surface area contributed by atoms with Crippen molar-refractivity contribution < 1.29 is 13.9 Å². The highest BCUT2D eigenvalue weighted by atomic mass is 19.1. The van der Waals surface area contributed by atoms with Crippen LogP contribution < -0.4 is 4.74 Å². The summed E-state index contributed by atoms with van der Waals surface area (Å²) >= 11 is 0. The SMILES string of the molecule is CCc1ncc2c(n1)CN(C(=O)c1cccc(F)c1OC)C2. The van der Waals surface area contributed by atoms with E-state index in [1.807, 2.05) is 6.92 Å². The molecule has 6 heteroatoms. The van der Waals surface area contributed by atoms with E-state index >= 15 is 0 Å². The molecule has 5 nitrogen and oxygen atoms in total. The molecule has 0 atom stereocenters. The van der Waals surface area contributed by atoms with E-state index in [9.17, 15) is 9.18 Å². The molecule has 2 aromatic rings. The Hall–Kier alpha value is -2.50. The van der Waals surface area contributed by atoms with Crippen molar-refractivity contribution in [2.75, 3.05) is 7.11 Å². The fourth-order valence-electron chi connectivity index (χ4n) is 2.56. The smallest absolute Gasteiger partial charge is 0.258 e. The minimum Gasteiger partial charge on any atom is -0.493 e. The van der Waals surface area contributed by atoms with Crippen LogP contribution in [0.3, 0.4) is 0 Å². The predicted octanol–water partition coefficient (Wildman–Crippen LogP) is 2.34. The molecule has 3 rings (SSSR count). The van der Waals surface area contributed by atoms with E-state index in [0.717, 1.165) is 23.5 Å². The molecular weight excluding hydrogens is 285 g/mol. The molecule has 114 valence electrons. The van der Waals surface area contributed by atoms with Gasteiger partial charge in [-0.2, -0.15) is 0 Å². The quantitative estimate of drug-likeness (QED) is 0.873. The van der Waals surface area contributed by atoms with Gasteiger partial charge in [-0.25, -0.2) is 14.4 Å². The first-order valence-corrected chi connectivity index (χ1v) is 7.09. The number of carbonyl (C=O) groups is 1. The molecule has 0 saturated carbocycles. The number of hydrogen-bond donors (Lipinski definition) is 0. The van der Waals surface area contributed by atoms with Crippen LogP contribution in [0, 0.1) is 5.82 Å². The maximum Gasteiger partial charge on any atom is 0.258 e. The summed E-state index contributed by atoms with van der Waals surface area (Å²) in [6.07, 6.45) is 2.51. The molecule has 0 bridgehead atoms. The van der Waals surface area contributed by atoms with E-state index in [2.05, 4.69) is 9.97 Å². The summed E-state index contributed by atoms with van der Waals surface area (Å²) in [4.78, 5) is 23.0. The van der Waals surface area contributed by atoms with Crippen LogP contribution >= 0.6 is 0 Å². The molecule has 0 radical (unpaired) electrons. The number of methoxy groups -OCH3 is 1. The molecule has 1 aromatic carbocycles. The van der Waals surface area contributed by atoms with Crippen molar-refractivity contribution in [2.45, 2.75) is 26.4 Å². The lowest BCUT2D eigenvalue weighted by atomic mass is 10.1. The number of para-hydroxylation sites is 1. The van der Waals surface area contributed by atoms with E-state index in [0.29, 0.717) is 13.1 Å². The molecule has 0 fully saturated rings. The molecule has 1 aliphatic rings. The van der Waals surface area contributed by atoms with Crippen LogP contribution in [-0.4, -0.2) is 27.9 Å². The molecule has 0 N–H and O–H groups in total. The van der Waals surface area contributed by atoms with Gasteiger partial charge in [-0.3, -0.25) is 4.79 Å². The molecule has 22 heavy (non-hydrogen) atoms. The highest BCUT2D eigenvalue weighted by Crippen LogP contribution is 2.27. The molecule has 0 spiro atoms. The number of nitrogens with zero attached hydrogens (tertiary/aromatic N) is 3. The van der Waals surface area contributed by atoms with Gasteiger partial charge in [0.2, 0.25) is 0 Å². The number of ether oxygens (including phenoxy) is 1. The van der Waals surface area contributed by atoms with Crippen molar-refractivity contribution in [3.05, 3.63) is 52.9 Å². The second-order valence-electron chi connectivity index (χ2n) is 5.09. The fourth-order valence-corrected chi connectivity index (χ4v) is 2.56. The Bertz CT molecular complexity index is 733. The van der Waals surface area contributed by atoms with Gasteiger partial charge in [0, 0.05) is 24.7 Å². The Morgan fingerprint density at radius 2 is 2.23 bits per heavy atom. The van der Waals surface area contributed by atoms with Gasteiger partial charge < -0.3 is 9.64 Å². The van der Waals surface area contributed by atoms with Crippen molar-refractivity contribution in [2.24, 2.45) is 0 Å².